The van der Waals surface area contributed by atoms with Crippen molar-refractivity contribution >= 4 is 40.4 Å². The fourth-order valence-electron chi connectivity index (χ4n) is 5.72. The van der Waals surface area contributed by atoms with E-state index in [9.17, 15) is 22.9 Å². The summed E-state index contributed by atoms with van der Waals surface area (Å²) in [6, 6.07) is 9.87. The zero-order valence-electron chi connectivity index (χ0n) is 25.8. The summed E-state index contributed by atoms with van der Waals surface area (Å²) in [6.07, 6.45) is 0.438. The molecule has 2 aliphatic rings. The number of H-pyrrole nitrogens is 1. The third-order valence-electron chi connectivity index (χ3n) is 8.20. The van der Waals surface area contributed by atoms with E-state index in [1.54, 1.807) is 27.2 Å². The van der Waals surface area contributed by atoms with Gasteiger partial charge in [-0.15, -0.1) is 4.31 Å². The van der Waals surface area contributed by atoms with Crippen molar-refractivity contribution in [2.24, 2.45) is 0 Å². The summed E-state index contributed by atoms with van der Waals surface area (Å²) in [4.78, 5) is 31.7. The number of aromatic amines is 1. The fourth-order valence-corrected chi connectivity index (χ4v) is 6.95. The lowest BCUT2D eigenvalue weighted by Crippen LogP contribution is -2.44. The van der Waals surface area contributed by atoms with E-state index in [0.717, 1.165) is 55.8 Å². The molecule has 0 bridgehead atoms. The fraction of sp³-hybridized carbons (Fsp3) is 0.355. The quantitative estimate of drug-likeness (QED) is 0.246. The van der Waals surface area contributed by atoms with Crippen molar-refractivity contribution in [3.05, 3.63) is 82.3 Å². The maximum absolute atomic E-state index is 13.8. The first kappa shape index (κ1) is 31.7. The molecule has 15 heteroatoms. The second kappa shape index (κ2) is 13.2. The predicted octanol–water partition coefficient (Wildman–Crippen LogP) is 3.55. The third-order valence-corrected chi connectivity index (χ3v) is 9.62. The number of nitrogens with zero attached hydrogens (tertiary/aromatic N) is 6. The second-order valence-corrected chi connectivity index (χ2v) is 12.9. The van der Waals surface area contributed by atoms with Gasteiger partial charge in [0.15, 0.2) is 10.7 Å². The molecule has 4 heterocycles. The lowest BCUT2D eigenvalue weighted by Gasteiger charge is -2.34. The Morgan fingerprint density at radius 1 is 1.00 bits per heavy atom. The summed E-state index contributed by atoms with van der Waals surface area (Å²) < 4.78 is 44.0. The molecule has 1 unspecified atom stereocenters. The van der Waals surface area contributed by atoms with Crippen LogP contribution < -0.4 is 15.5 Å². The molecule has 12 nitrogen and oxygen atoms in total. The number of anilines is 3. The monoisotopic (exact) mass is 651 g/mol. The van der Waals surface area contributed by atoms with Crippen LogP contribution in [0.25, 0.3) is 0 Å². The Hall–Kier alpha value is -4.31. The Morgan fingerprint density at radius 3 is 2.46 bits per heavy atom. The number of amides is 2. The van der Waals surface area contributed by atoms with Crippen LogP contribution in [0.1, 0.15) is 44.7 Å². The molecule has 0 radical (unpaired) electrons. The number of carbonyl (C=O) groups excluding carboxylic acids is 2. The SMILES string of the molecule is CCn1nc(C)cc1C(=O)Nc1cc(N2CCN(C)CC2)ccc1C(=O)Nc1n[nH]c2c1CN([S+]([O-])c1cc(F)cc(F)c1)CC2. The number of hydrogen-bond acceptors (Lipinski definition) is 8. The number of fused-ring (bicyclic) bond motifs is 1. The van der Waals surface area contributed by atoms with Crippen molar-refractivity contribution < 1.29 is 22.9 Å². The van der Waals surface area contributed by atoms with Gasteiger partial charge in [-0.3, -0.25) is 19.4 Å². The van der Waals surface area contributed by atoms with Crippen molar-refractivity contribution in [2.45, 2.75) is 38.3 Å². The maximum atomic E-state index is 13.8. The van der Waals surface area contributed by atoms with Crippen LogP contribution in [0.15, 0.2) is 47.4 Å². The Balaban J connectivity index is 1.26. The van der Waals surface area contributed by atoms with Gasteiger partial charge in [0.1, 0.15) is 17.3 Å². The molecule has 3 N–H and O–H groups in total. The number of rotatable bonds is 8. The van der Waals surface area contributed by atoms with Crippen molar-refractivity contribution in [3.8, 4) is 0 Å². The predicted molar refractivity (Wildman–Crippen MR) is 170 cm³/mol. The van der Waals surface area contributed by atoms with Crippen LogP contribution in [0.3, 0.4) is 0 Å². The van der Waals surface area contributed by atoms with Crippen LogP contribution in [-0.2, 0) is 30.9 Å². The van der Waals surface area contributed by atoms with Crippen LogP contribution >= 0.6 is 0 Å². The van der Waals surface area contributed by atoms with Gasteiger partial charge in [0.25, 0.3) is 11.8 Å². The third kappa shape index (κ3) is 6.63. The summed E-state index contributed by atoms with van der Waals surface area (Å²) in [6.45, 7) is 8.07. The van der Waals surface area contributed by atoms with Gasteiger partial charge in [0, 0.05) is 74.3 Å². The highest BCUT2D eigenvalue weighted by Crippen LogP contribution is 2.31. The number of benzene rings is 2. The van der Waals surface area contributed by atoms with E-state index in [0.29, 0.717) is 42.1 Å². The van der Waals surface area contributed by atoms with E-state index in [1.807, 2.05) is 19.9 Å². The number of aryl methyl sites for hydroxylation is 2. The highest BCUT2D eigenvalue weighted by Gasteiger charge is 2.32. The molecule has 2 aliphatic heterocycles. The van der Waals surface area contributed by atoms with Crippen molar-refractivity contribution in [1.82, 2.24) is 29.2 Å². The molecule has 1 atom stereocenters. The molecule has 6 rings (SSSR count). The molecule has 0 saturated carbocycles. The van der Waals surface area contributed by atoms with Crippen LogP contribution in [0.5, 0.6) is 0 Å². The van der Waals surface area contributed by atoms with Gasteiger partial charge in [0.05, 0.1) is 41.4 Å². The number of hydrogen-bond donors (Lipinski definition) is 3. The molecule has 1 fully saturated rings. The Kier molecular flexibility index (Phi) is 9.08. The largest absolute Gasteiger partial charge is 0.593 e. The average molecular weight is 652 g/mol. The van der Waals surface area contributed by atoms with E-state index in [2.05, 4.69) is 42.8 Å². The lowest BCUT2D eigenvalue weighted by atomic mass is 10.1. The zero-order chi connectivity index (χ0) is 32.5. The highest BCUT2D eigenvalue weighted by atomic mass is 32.2. The first-order chi connectivity index (χ1) is 22.1. The molecule has 4 aromatic rings. The van der Waals surface area contributed by atoms with Crippen molar-refractivity contribution in [2.75, 3.05) is 55.3 Å². The smallest absolute Gasteiger partial charge is 0.273 e. The second-order valence-electron chi connectivity index (χ2n) is 11.4. The summed E-state index contributed by atoms with van der Waals surface area (Å²) in [5, 5.41) is 17.4. The normalized spacial score (nSPS) is 16.3. The molecule has 242 valence electrons. The summed E-state index contributed by atoms with van der Waals surface area (Å²) >= 11 is -1.84. The topological polar surface area (TPSA) is 137 Å². The van der Waals surface area contributed by atoms with Crippen molar-refractivity contribution in [1.29, 1.82) is 0 Å². The zero-order valence-corrected chi connectivity index (χ0v) is 26.6. The van der Waals surface area contributed by atoms with E-state index in [4.69, 9.17) is 0 Å². The number of likely N-dealkylation sites (N-methyl/N-ethyl adjacent to an activating group) is 1. The van der Waals surface area contributed by atoms with Gasteiger partial charge in [-0.25, -0.2) is 8.78 Å². The molecule has 2 aromatic heterocycles. The van der Waals surface area contributed by atoms with E-state index < -0.39 is 34.8 Å². The standard InChI is InChI=1S/C31H35F2N9O3S/c1-4-42-28(13-19(2)38-42)31(44)34-27-17-22(40-11-9-39(3)10-12-40)5-6-24(27)30(43)35-29-25-18-41(8-7-26(25)36-37-29)46(45)23-15-20(32)14-21(33)16-23/h5-6,13-17H,4,7-12,18H2,1-3H3,(H,34,44)(H2,35,36,37,43). The molecule has 0 aliphatic carbocycles. The maximum Gasteiger partial charge on any atom is 0.273 e. The molecule has 46 heavy (non-hydrogen) atoms. The molecule has 2 aromatic carbocycles. The molecule has 2 amide bonds. The van der Waals surface area contributed by atoms with Gasteiger partial charge < -0.3 is 25.0 Å². The van der Waals surface area contributed by atoms with Gasteiger partial charge >= 0.3 is 0 Å². The van der Waals surface area contributed by atoms with Gasteiger partial charge in [-0.2, -0.15) is 10.2 Å². The van der Waals surface area contributed by atoms with Crippen LogP contribution in [0, 0.1) is 18.6 Å². The molecular weight excluding hydrogens is 616 g/mol. The van der Waals surface area contributed by atoms with E-state index in [1.165, 1.54) is 0 Å². The minimum absolute atomic E-state index is 0.00969. The highest BCUT2D eigenvalue weighted by molar-refractivity contribution is 7.89. The Labute approximate surface area is 268 Å². The first-order valence-electron chi connectivity index (χ1n) is 15.0. The van der Waals surface area contributed by atoms with Crippen LogP contribution in [0.2, 0.25) is 0 Å². The number of carbonyl (C=O) groups is 2. The minimum Gasteiger partial charge on any atom is -0.593 e. The molecule has 1 saturated heterocycles. The van der Waals surface area contributed by atoms with Crippen molar-refractivity contribution in [3.63, 3.8) is 0 Å². The number of aromatic nitrogens is 4. The summed E-state index contributed by atoms with van der Waals surface area (Å²) in [5.74, 6) is -2.27. The number of halogens is 2. The van der Waals surface area contributed by atoms with Gasteiger partial charge in [-0.1, -0.05) is 0 Å². The minimum atomic E-state index is -1.84. The molecule has 0 spiro atoms. The Morgan fingerprint density at radius 2 is 1.74 bits per heavy atom. The van der Waals surface area contributed by atoms with Crippen LogP contribution in [0.4, 0.5) is 26.0 Å². The average Bonchev–Trinajstić information content (AvgIpc) is 3.62. The molecular formula is C31H35F2N9O3S. The van der Waals surface area contributed by atoms with E-state index >= 15 is 0 Å². The summed E-state index contributed by atoms with van der Waals surface area (Å²) in [5.41, 5.74) is 3.91. The number of nitrogens with one attached hydrogen (secondary N) is 3. The van der Waals surface area contributed by atoms with Gasteiger partial charge in [0.2, 0.25) is 0 Å². The Bertz CT molecular complexity index is 1750. The lowest BCUT2D eigenvalue weighted by molar-refractivity contribution is 0.101. The van der Waals surface area contributed by atoms with E-state index in [-0.39, 0.29) is 22.8 Å². The van der Waals surface area contributed by atoms with Gasteiger partial charge in [-0.05, 0) is 45.2 Å². The summed E-state index contributed by atoms with van der Waals surface area (Å²) in [7, 11) is 2.07. The first-order valence-corrected chi connectivity index (χ1v) is 16.1. The number of piperazine rings is 1. The van der Waals surface area contributed by atoms with Crippen LogP contribution in [-0.4, -0.2) is 85.3 Å².